The van der Waals surface area contributed by atoms with Crippen LogP contribution in [0.25, 0.3) is 0 Å². The van der Waals surface area contributed by atoms with Gasteiger partial charge in [-0.15, -0.1) is 0 Å². The molecule has 1 aromatic heterocycles. The summed E-state index contributed by atoms with van der Waals surface area (Å²) in [6.07, 6.45) is 3.21. The van der Waals surface area contributed by atoms with Gasteiger partial charge in [-0.25, -0.2) is 0 Å². The highest BCUT2D eigenvalue weighted by atomic mass is 16.6. The Hall–Kier alpha value is -0.935. The molecule has 0 spiro atoms. The molecule has 0 atom stereocenters. The summed E-state index contributed by atoms with van der Waals surface area (Å²) < 4.78 is 9.99. The second-order valence-corrected chi connectivity index (χ2v) is 1.98. The van der Waals surface area contributed by atoms with Crippen molar-refractivity contribution in [2.45, 2.75) is 0 Å². The molecule has 0 saturated carbocycles. The third-order valence-corrected chi connectivity index (χ3v) is 1.31. The summed E-state index contributed by atoms with van der Waals surface area (Å²) in [5.74, 6) is 0. The van der Waals surface area contributed by atoms with Gasteiger partial charge in [-0.3, -0.25) is 0 Å². The van der Waals surface area contributed by atoms with Crippen molar-refractivity contribution in [3.63, 3.8) is 0 Å². The van der Waals surface area contributed by atoms with Gasteiger partial charge in [-0.2, -0.15) is 10.2 Å². The van der Waals surface area contributed by atoms with Gasteiger partial charge in [0, 0.05) is 32.1 Å². The van der Waals surface area contributed by atoms with E-state index in [4.69, 9.17) is 9.31 Å². The Balaban J connectivity index is 2.74. The normalized spacial score (nSPS) is 9.64. The zero-order valence-corrected chi connectivity index (χ0v) is 6.52. The Morgan fingerprint density at radius 3 is 2.45 bits per heavy atom. The molecule has 0 aromatic carbocycles. The summed E-state index contributed by atoms with van der Waals surface area (Å²) in [4.78, 5) is 0. The first kappa shape index (κ1) is 8.16. The highest BCUT2D eigenvalue weighted by molar-refractivity contribution is 6.61. The van der Waals surface area contributed by atoms with Crippen molar-refractivity contribution in [2.24, 2.45) is 0 Å². The lowest BCUT2D eigenvalue weighted by molar-refractivity contribution is 0.292. The first-order chi connectivity index (χ1) is 5.38. The second kappa shape index (κ2) is 4.05. The summed E-state index contributed by atoms with van der Waals surface area (Å²) in [6.45, 7) is 0. The highest BCUT2D eigenvalue weighted by Gasteiger charge is 2.17. The molecule has 5 heteroatoms. The maximum absolute atomic E-state index is 5.00. The van der Waals surface area contributed by atoms with Crippen molar-refractivity contribution >= 4 is 12.6 Å². The zero-order chi connectivity index (χ0) is 8.10. The molecule has 0 N–H and O–H groups in total. The number of nitrogens with zero attached hydrogens (tertiary/aromatic N) is 2. The molecule has 0 aliphatic carbocycles. The van der Waals surface area contributed by atoms with E-state index in [1.807, 2.05) is 0 Å². The third kappa shape index (κ3) is 1.99. The second-order valence-electron chi connectivity index (χ2n) is 1.98. The van der Waals surface area contributed by atoms with E-state index in [0.29, 0.717) is 0 Å². The van der Waals surface area contributed by atoms with Gasteiger partial charge < -0.3 is 9.31 Å². The van der Waals surface area contributed by atoms with Crippen molar-refractivity contribution < 1.29 is 9.31 Å². The van der Waals surface area contributed by atoms with Crippen LogP contribution in [0.1, 0.15) is 0 Å². The monoisotopic (exact) mass is 152 g/mol. The van der Waals surface area contributed by atoms with Crippen LogP contribution in [0.4, 0.5) is 0 Å². The van der Waals surface area contributed by atoms with Crippen LogP contribution in [0, 0.1) is 0 Å². The minimum absolute atomic E-state index is 0.342. The molecular weight excluding hydrogens is 143 g/mol. The van der Waals surface area contributed by atoms with E-state index in [9.17, 15) is 0 Å². The number of rotatable bonds is 3. The zero-order valence-electron chi connectivity index (χ0n) is 6.52. The van der Waals surface area contributed by atoms with Gasteiger partial charge >= 0.3 is 7.12 Å². The molecule has 0 amide bonds. The van der Waals surface area contributed by atoms with E-state index in [1.54, 1.807) is 32.7 Å². The Morgan fingerprint density at radius 2 is 2.00 bits per heavy atom. The molecule has 0 aliphatic heterocycles. The van der Waals surface area contributed by atoms with Crippen LogP contribution in [0.3, 0.4) is 0 Å². The quantitative estimate of drug-likeness (QED) is 0.545. The van der Waals surface area contributed by atoms with Crippen LogP contribution in [0.15, 0.2) is 18.5 Å². The van der Waals surface area contributed by atoms with Gasteiger partial charge in [0.25, 0.3) is 0 Å². The maximum Gasteiger partial charge on any atom is 0.495 e. The molecule has 0 fully saturated rings. The van der Waals surface area contributed by atoms with Crippen LogP contribution in [-0.2, 0) is 9.31 Å². The molecule has 0 bridgehead atoms. The minimum atomic E-state index is -0.342. The van der Waals surface area contributed by atoms with Gasteiger partial charge in [0.05, 0.1) is 0 Å². The lowest BCUT2D eigenvalue weighted by Gasteiger charge is -2.06. The number of hydrogen-bond donors (Lipinski definition) is 0. The van der Waals surface area contributed by atoms with E-state index in [2.05, 4.69) is 10.2 Å². The fourth-order valence-electron chi connectivity index (χ4n) is 0.809. The van der Waals surface area contributed by atoms with Crippen molar-refractivity contribution in [3.05, 3.63) is 18.5 Å². The molecule has 0 aliphatic rings. The minimum Gasteiger partial charge on any atom is -0.410 e. The number of aromatic nitrogens is 2. The van der Waals surface area contributed by atoms with E-state index in [0.717, 1.165) is 5.46 Å². The van der Waals surface area contributed by atoms with Crippen LogP contribution in [0.2, 0.25) is 0 Å². The van der Waals surface area contributed by atoms with Crippen molar-refractivity contribution in [1.29, 1.82) is 0 Å². The van der Waals surface area contributed by atoms with Crippen molar-refractivity contribution in [3.8, 4) is 0 Å². The SMILES string of the molecule is COB(OC)c1ccnnc1. The fraction of sp³-hybridized carbons (Fsp3) is 0.333. The summed E-state index contributed by atoms with van der Waals surface area (Å²) in [5, 5.41) is 7.33. The fourth-order valence-corrected chi connectivity index (χ4v) is 0.809. The molecule has 0 radical (unpaired) electrons. The molecule has 0 unspecified atom stereocenters. The predicted octanol–water partition coefficient (Wildman–Crippen LogP) is -0.535. The Morgan fingerprint density at radius 1 is 1.27 bits per heavy atom. The Bertz CT molecular complexity index is 203. The average molecular weight is 152 g/mol. The summed E-state index contributed by atoms with van der Waals surface area (Å²) in [7, 11) is 2.81. The maximum atomic E-state index is 5.00. The third-order valence-electron chi connectivity index (χ3n) is 1.31. The van der Waals surface area contributed by atoms with Gasteiger partial charge in [-0.1, -0.05) is 0 Å². The van der Waals surface area contributed by atoms with Crippen LogP contribution >= 0.6 is 0 Å². The molecule has 0 saturated heterocycles. The van der Waals surface area contributed by atoms with E-state index < -0.39 is 0 Å². The smallest absolute Gasteiger partial charge is 0.410 e. The topological polar surface area (TPSA) is 44.2 Å². The van der Waals surface area contributed by atoms with E-state index in [-0.39, 0.29) is 7.12 Å². The predicted molar refractivity (Wildman–Crippen MR) is 41.4 cm³/mol. The lowest BCUT2D eigenvalue weighted by atomic mass is 9.81. The molecule has 4 nitrogen and oxygen atoms in total. The van der Waals surface area contributed by atoms with Gasteiger partial charge in [-0.05, 0) is 6.07 Å². The van der Waals surface area contributed by atoms with Crippen LogP contribution < -0.4 is 5.46 Å². The molecule has 1 aromatic rings. The van der Waals surface area contributed by atoms with Crippen molar-refractivity contribution in [2.75, 3.05) is 14.2 Å². The van der Waals surface area contributed by atoms with Gasteiger partial charge in [0.1, 0.15) is 0 Å². The molecule has 58 valence electrons. The van der Waals surface area contributed by atoms with Crippen LogP contribution in [-0.4, -0.2) is 31.5 Å². The summed E-state index contributed by atoms with van der Waals surface area (Å²) in [5.41, 5.74) is 0.866. The standard InChI is InChI=1S/C6H9BN2O2/c1-10-7(11-2)6-3-4-8-9-5-6/h3-5H,1-2H3. The first-order valence-electron chi connectivity index (χ1n) is 3.20. The average Bonchev–Trinajstić information content (AvgIpc) is 2.09. The van der Waals surface area contributed by atoms with E-state index >= 15 is 0 Å². The Labute approximate surface area is 65.7 Å². The molecular formula is C6H9BN2O2. The molecule has 1 rings (SSSR count). The summed E-state index contributed by atoms with van der Waals surface area (Å²) >= 11 is 0. The largest absolute Gasteiger partial charge is 0.495 e. The van der Waals surface area contributed by atoms with Gasteiger partial charge in [0.15, 0.2) is 0 Å². The first-order valence-corrected chi connectivity index (χ1v) is 3.20. The highest BCUT2D eigenvalue weighted by Crippen LogP contribution is 1.85. The lowest BCUT2D eigenvalue weighted by Crippen LogP contribution is -2.35. The molecule has 1 heterocycles. The van der Waals surface area contributed by atoms with Crippen molar-refractivity contribution in [1.82, 2.24) is 10.2 Å². The van der Waals surface area contributed by atoms with E-state index in [1.165, 1.54) is 0 Å². The van der Waals surface area contributed by atoms with Crippen LogP contribution in [0.5, 0.6) is 0 Å². The number of hydrogen-bond acceptors (Lipinski definition) is 4. The molecule has 11 heavy (non-hydrogen) atoms. The Kier molecular flexibility index (Phi) is 3.01. The summed E-state index contributed by atoms with van der Waals surface area (Å²) in [6, 6.07) is 1.80. The van der Waals surface area contributed by atoms with Gasteiger partial charge in [0.2, 0.25) is 0 Å².